The number of aromatic nitrogens is 1. The van der Waals surface area contributed by atoms with Gasteiger partial charge in [-0.2, -0.15) is 0 Å². The summed E-state index contributed by atoms with van der Waals surface area (Å²) in [6, 6.07) is -2.22. The number of H-pyrrole nitrogens is 1. The van der Waals surface area contributed by atoms with Gasteiger partial charge in [0.15, 0.2) is 0 Å². The highest BCUT2D eigenvalue weighted by atomic mass is 16.4. The number of hydrogen-bond donors (Lipinski definition) is 5. The number of aliphatic carboxylic acids is 2. The SMILES string of the molecule is CC1CC=Cc2[nH]cc(C[C@@H](NC(=O)CC[C@@H](N)C(=O)O)C(=O)O)c21. The summed E-state index contributed by atoms with van der Waals surface area (Å²) in [6.45, 7) is 2.07. The van der Waals surface area contributed by atoms with Crippen LogP contribution in [-0.2, 0) is 20.8 Å². The maximum Gasteiger partial charge on any atom is 0.326 e. The van der Waals surface area contributed by atoms with E-state index in [0.29, 0.717) is 0 Å². The van der Waals surface area contributed by atoms with Crippen molar-refractivity contribution >= 4 is 23.9 Å². The Balaban J connectivity index is 2.01. The Bertz CT molecular complexity index is 694. The highest BCUT2D eigenvalue weighted by Gasteiger charge is 2.26. The first-order chi connectivity index (χ1) is 11.8. The zero-order valence-corrected chi connectivity index (χ0v) is 14.0. The number of nitrogens with two attached hydrogens (primary N) is 1. The summed E-state index contributed by atoms with van der Waals surface area (Å²) in [7, 11) is 0. The topological polar surface area (TPSA) is 146 Å². The van der Waals surface area contributed by atoms with E-state index in [1.807, 2.05) is 6.08 Å². The largest absolute Gasteiger partial charge is 0.480 e. The van der Waals surface area contributed by atoms with Gasteiger partial charge in [-0.25, -0.2) is 4.79 Å². The number of carbonyl (C=O) groups is 3. The fourth-order valence-corrected chi connectivity index (χ4v) is 2.99. The van der Waals surface area contributed by atoms with Crippen molar-refractivity contribution in [2.75, 3.05) is 0 Å². The molecule has 1 aliphatic rings. The highest BCUT2D eigenvalue weighted by Crippen LogP contribution is 2.32. The van der Waals surface area contributed by atoms with Crippen LogP contribution in [0.4, 0.5) is 0 Å². The Morgan fingerprint density at radius 1 is 1.36 bits per heavy atom. The van der Waals surface area contributed by atoms with E-state index in [2.05, 4.69) is 23.3 Å². The predicted octanol–water partition coefficient (Wildman–Crippen LogP) is 0.839. The molecule has 0 radical (unpaired) electrons. The average Bonchev–Trinajstić information content (AvgIpc) is 2.96. The number of amides is 1. The summed E-state index contributed by atoms with van der Waals surface area (Å²) in [5.41, 5.74) is 8.26. The molecule has 1 aliphatic carbocycles. The zero-order valence-electron chi connectivity index (χ0n) is 14.0. The Morgan fingerprint density at radius 3 is 2.72 bits per heavy atom. The van der Waals surface area contributed by atoms with Crippen LogP contribution in [0.25, 0.3) is 6.08 Å². The molecule has 1 heterocycles. The maximum atomic E-state index is 11.9. The smallest absolute Gasteiger partial charge is 0.326 e. The normalized spacial score (nSPS) is 18.2. The molecule has 2 rings (SSSR count). The molecule has 8 heteroatoms. The molecule has 1 amide bonds. The molecule has 0 aromatic carbocycles. The van der Waals surface area contributed by atoms with Crippen molar-refractivity contribution in [3.8, 4) is 0 Å². The number of carbonyl (C=O) groups excluding carboxylic acids is 1. The first-order valence-corrected chi connectivity index (χ1v) is 8.16. The van der Waals surface area contributed by atoms with Crippen LogP contribution in [-0.4, -0.2) is 45.1 Å². The molecule has 0 saturated carbocycles. The van der Waals surface area contributed by atoms with Gasteiger partial charge < -0.3 is 26.2 Å². The van der Waals surface area contributed by atoms with Crippen molar-refractivity contribution < 1.29 is 24.6 Å². The Labute approximate surface area is 145 Å². The third-order valence-corrected chi connectivity index (χ3v) is 4.36. The van der Waals surface area contributed by atoms with Gasteiger partial charge in [-0.3, -0.25) is 9.59 Å². The van der Waals surface area contributed by atoms with Gasteiger partial charge in [-0.05, 0) is 36.0 Å². The monoisotopic (exact) mass is 349 g/mol. The van der Waals surface area contributed by atoms with Crippen LogP contribution in [0.5, 0.6) is 0 Å². The lowest BCUT2D eigenvalue weighted by atomic mass is 9.88. The molecule has 1 unspecified atom stereocenters. The molecule has 6 N–H and O–H groups in total. The summed E-state index contributed by atoms with van der Waals surface area (Å²) in [4.78, 5) is 37.2. The molecule has 0 fully saturated rings. The third-order valence-electron chi connectivity index (χ3n) is 4.36. The van der Waals surface area contributed by atoms with Crippen LogP contribution in [0.15, 0.2) is 12.3 Å². The van der Waals surface area contributed by atoms with Crippen LogP contribution in [0, 0.1) is 0 Å². The molecule has 8 nitrogen and oxygen atoms in total. The molecular formula is C17H23N3O5. The second-order valence-electron chi connectivity index (χ2n) is 6.33. The van der Waals surface area contributed by atoms with E-state index in [1.54, 1.807) is 6.20 Å². The van der Waals surface area contributed by atoms with Gasteiger partial charge in [0.2, 0.25) is 5.91 Å². The van der Waals surface area contributed by atoms with E-state index in [4.69, 9.17) is 10.8 Å². The zero-order chi connectivity index (χ0) is 18.6. The van der Waals surface area contributed by atoms with Gasteiger partial charge in [0, 0.05) is 24.7 Å². The lowest BCUT2D eigenvalue weighted by molar-refractivity contribution is -0.142. The number of hydrogen-bond acceptors (Lipinski definition) is 4. The summed E-state index contributed by atoms with van der Waals surface area (Å²) in [5.74, 6) is -2.57. The highest BCUT2D eigenvalue weighted by molar-refractivity contribution is 5.84. The van der Waals surface area contributed by atoms with Gasteiger partial charge in [0.1, 0.15) is 12.1 Å². The van der Waals surface area contributed by atoms with E-state index in [1.165, 1.54) is 0 Å². The lowest BCUT2D eigenvalue weighted by Crippen LogP contribution is -2.43. The van der Waals surface area contributed by atoms with E-state index < -0.39 is 29.9 Å². The van der Waals surface area contributed by atoms with E-state index >= 15 is 0 Å². The predicted molar refractivity (Wildman–Crippen MR) is 91.0 cm³/mol. The second-order valence-corrected chi connectivity index (χ2v) is 6.33. The maximum absolute atomic E-state index is 11.9. The van der Waals surface area contributed by atoms with Gasteiger partial charge in [0.25, 0.3) is 0 Å². The molecule has 0 bridgehead atoms. The fourth-order valence-electron chi connectivity index (χ4n) is 2.99. The van der Waals surface area contributed by atoms with Gasteiger partial charge in [0.05, 0.1) is 0 Å². The first-order valence-electron chi connectivity index (χ1n) is 8.16. The number of rotatable bonds is 8. The summed E-state index contributed by atoms with van der Waals surface area (Å²) in [6.07, 6.45) is 6.68. The molecule has 25 heavy (non-hydrogen) atoms. The molecule has 1 aromatic heterocycles. The summed E-state index contributed by atoms with van der Waals surface area (Å²) in [5, 5.41) is 20.6. The number of carboxylic acids is 2. The lowest BCUT2D eigenvalue weighted by Gasteiger charge is -2.19. The molecule has 3 atom stereocenters. The van der Waals surface area contributed by atoms with Crippen LogP contribution >= 0.6 is 0 Å². The molecule has 0 saturated heterocycles. The van der Waals surface area contributed by atoms with Crippen molar-refractivity contribution in [1.29, 1.82) is 0 Å². The standard InChI is InChI=1S/C17H23N3O5/c1-9-3-2-4-12-15(9)10(8-19-12)7-13(17(24)25)20-14(21)6-5-11(18)16(22)23/h2,4,8-9,11,13,19H,3,5-7,18H2,1H3,(H,20,21)(H,22,23)(H,24,25)/t9?,11-,13-/m1/s1. The summed E-state index contributed by atoms with van der Waals surface area (Å²) < 4.78 is 0. The number of allylic oxidation sites excluding steroid dienone is 1. The molecule has 0 spiro atoms. The number of fused-ring (bicyclic) bond motifs is 1. The minimum atomic E-state index is -1.19. The molecular weight excluding hydrogens is 326 g/mol. The quantitative estimate of drug-likeness (QED) is 0.470. The number of nitrogens with one attached hydrogen (secondary N) is 2. The first kappa shape index (κ1) is 18.7. The van der Waals surface area contributed by atoms with Crippen LogP contribution in [0.3, 0.4) is 0 Å². The minimum absolute atomic E-state index is 0.0467. The van der Waals surface area contributed by atoms with Crippen molar-refractivity contribution in [3.63, 3.8) is 0 Å². The third kappa shape index (κ3) is 4.69. The van der Waals surface area contributed by atoms with E-state index in [-0.39, 0.29) is 25.2 Å². The number of aromatic amines is 1. The Kier molecular flexibility index (Phi) is 5.97. The fraction of sp³-hybridized carbons (Fsp3) is 0.471. The van der Waals surface area contributed by atoms with E-state index in [0.717, 1.165) is 23.2 Å². The molecule has 0 aliphatic heterocycles. The Hall–Kier alpha value is -2.61. The second kappa shape index (κ2) is 7.98. The minimum Gasteiger partial charge on any atom is -0.480 e. The number of carboxylic acid groups (broad SMARTS) is 2. The van der Waals surface area contributed by atoms with Gasteiger partial charge in [-0.1, -0.05) is 13.0 Å². The van der Waals surface area contributed by atoms with Crippen molar-refractivity contribution in [1.82, 2.24) is 10.3 Å². The van der Waals surface area contributed by atoms with E-state index in [9.17, 15) is 19.5 Å². The van der Waals surface area contributed by atoms with Crippen molar-refractivity contribution in [2.45, 2.75) is 50.6 Å². The van der Waals surface area contributed by atoms with Gasteiger partial charge in [-0.15, -0.1) is 0 Å². The van der Waals surface area contributed by atoms with Crippen molar-refractivity contribution in [3.05, 3.63) is 29.1 Å². The molecule has 1 aromatic rings. The average molecular weight is 349 g/mol. The van der Waals surface area contributed by atoms with Crippen LogP contribution in [0.1, 0.15) is 48.9 Å². The Morgan fingerprint density at radius 2 is 2.08 bits per heavy atom. The van der Waals surface area contributed by atoms with Crippen LogP contribution in [0.2, 0.25) is 0 Å². The summed E-state index contributed by atoms with van der Waals surface area (Å²) >= 11 is 0. The van der Waals surface area contributed by atoms with Crippen molar-refractivity contribution in [2.24, 2.45) is 5.73 Å². The molecule has 136 valence electrons. The van der Waals surface area contributed by atoms with Crippen LogP contribution < -0.4 is 11.1 Å². The van der Waals surface area contributed by atoms with Gasteiger partial charge >= 0.3 is 11.9 Å².